The van der Waals surface area contributed by atoms with E-state index in [4.69, 9.17) is 22.1 Å². The van der Waals surface area contributed by atoms with Crippen molar-refractivity contribution in [3.63, 3.8) is 0 Å². The van der Waals surface area contributed by atoms with Crippen LogP contribution in [0.25, 0.3) is 10.6 Å². The number of nitrogens with zero attached hydrogens (tertiary/aromatic N) is 4. The van der Waals surface area contributed by atoms with Gasteiger partial charge >= 0.3 is 0 Å². The van der Waals surface area contributed by atoms with Gasteiger partial charge in [-0.15, -0.1) is 11.3 Å². The number of aromatic nitrogens is 2. The molecule has 1 aliphatic heterocycles. The molecule has 4 rings (SSSR count). The van der Waals surface area contributed by atoms with Crippen molar-refractivity contribution in [2.24, 2.45) is 0 Å². The quantitative estimate of drug-likeness (QED) is 0.478. The van der Waals surface area contributed by atoms with Crippen LogP contribution in [0.4, 0.5) is 5.82 Å². The lowest BCUT2D eigenvalue weighted by Gasteiger charge is -2.25. The van der Waals surface area contributed by atoms with E-state index < -0.39 is 0 Å². The number of benzene rings is 1. The van der Waals surface area contributed by atoms with Crippen LogP contribution in [0.15, 0.2) is 34.7 Å². The Hall–Kier alpha value is -2.62. The molecule has 0 unspecified atom stereocenters. The van der Waals surface area contributed by atoms with Crippen molar-refractivity contribution in [1.82, 2.24) is 9.97 Å². The van der Waals surface area contributed by atoms with Crippen LogP contribution in [0.5, 0.6) is 0 Å². The van der Waals surface area contributed by atoms with Crippen LogP contribution in [-0.4, -0.2) is 16.6 Å². The molecule has 1 saturated heterocycles. The summed E-state index contributed by atoms with van der Waals surface area (Å²) >= 11 is 8.90. The van der Waals surface area contributed by atoms with Gasteiger partial charge in [-0.25, -0.2) is 9.97 Å². The van der Waals surface area contributed by atoms with Crippen molar-refractivity contribution >= 4 is 40.5 Å². The molecule has 1 aromatic carbocycles. The third-order valence-corrected chi connectivity index (χ3v) is 7.16. The summed E-state index contributed by atoms with van der Waals surface area (Å²) in [4.78, 5) is 9.05. The number of rotatable bonds is 5. The number of hydrogen-bond acceptors (Lipinski definition) is 8. The lowest BCUT2D eigenvalue weighted by Crippen LogP contribution is -2.16. The highest BCUT2D eigenvalue weighted by atomic mass is 35.5. The predicted octanol–water partition coefficient (Wildman–Crippen LogP) is 5.72. The maximum atomic E-state index is 9.88. The molecule has 9 heteroatoms. The first-order chi connectivity index (χ1) is 15.1. The van der Waals surface area contributed by atoms with Crippen LogP contribution in [0.3, 0.4) is 0 Å². The Balaban J connectivity index is 1.60. The SMILES string of the molecule is N#Cc1c(N)nc(SCc2csc(-c3ccc(Cl)cc3)n2)c(C#N)c1[C@H]1CCCCO1. The molecular formula is C22H18ClN5OS2. The molecule has 31 heavy (non-hydrogen) atoms. The monoisotopic (exact) mass is 467 g/mol. The van der Waals surface area contributed by atoms with Crippen molar-refractivity contribution in [1.29, 1.82) is 10.5 Å². The molecule has 156 valence electrons. The normalized spacial score (nSPS) is 15.9. The molecule has 2 N–H and O–H groups in total. The zero-order valence-electron chi connectivity index (χ0n) is 16.5. The predicted molar refractivity (Wildman–Crippen MR) is 123 cm³/mol. The summed E-state index contributed by atoms with van der Waals surface area (Å²) in [6.07, 6.45) is 2.41. The molecule has 1 fully saturated rings. The third-order valence-electron chi connectivity index (χ3n) is 4.96. The van der Waals surface area contributed by atoms with Gasteiger partial charge in [-0.3, -0.25) is 0 Å². The number of pyridine rings is 1. The van der Waals surface area contributed by atoms with Crippen molar-refractivity contribution in [3.05, 3.63) is 57.1 Å². The number of nitriles is 2. The van der Waals surface area contributed by atoms with Crippen LogP contribution in [0.1, 0.15) is 47.8 Å². The zero-order valence-corrected chi connectivity index (χ0v) is 18.9. The molecule has 3 aromatic rings. The smallest absolute Gasteiger partial charge is 0.143 e. The summed E-state index contributed by atoms with van der Waals surface area (Å²) in [6, 6.07) is 11.9. The lowest BCUT2D eigenvalue weighted by atomic mass is 9.94. The summed E-state index contributed by atoms with van der Waals surface area (Å²) in [7, 11) is 0. The van der Waals surface area contributed by atoms with Crippen molar-refractivity contribution in [2.45, 2.75) is 36.1 Å². The second-order valence-electron chi connectivity index (χ2n) is 6.98. The van der Waals surface area contributed by atoms with Crippen LogP contribution in [-0.2, 0) is 10.5 Å². The van der Waals surface area contributed by atoms with Crippen molar-refractivity contribution in [3.8, 4) is 22.7 Å². The topological polar surface area (TPSA) is 109 Å². The van der Waals surface area contributed by atoms with Crippen LogP contribution in [0.2, 0.25) is 5.02 Å². The van der Waals surface area contributed by atoms with Gasteiger partial charge < -0.3 is 10.5 Å². The first-order valence-corrected chi connectivity index (χ1v) is 11.9. The molecule has 0 amide bonds. The first-order valence-electron chi connectivity index (χ1n) is 9.69. The number of anilines is 1. The minimum absolute atomic E-state index is 0.133. The fraction of sp³-hybridized carbons (Fsp3) is 0.273. The molecule has 1 atom stereocenters. The van der Waals surface area contributed by atoms with Gasteiger partial charge in [0.2, 0.25) is 0 Å². The average Bonchev–Trinajstić information content (AvgIpc) is 3.27. The average molecular weight is 468 g/mol. The molecule has 0 radical (unpaired) electrons. The lowest BCUT2D eigenvalue weighted by molar-refractivity contribution is 0.0145. The summed E-state index contributed by atoms with van der Waals surface area (Å²) in [6.45, 7) is 0.609. The number of thioether (sulfide) groups is 1. The van der Waals surface area contributed by atoms with Gasteiger partial charge in [0, 0.05) is 33.9 Å². The molecule has 0 aliphatic carbocycles. The number of nitrogen functional groups attached to an aromatic ring is 1. The Labute approximate surface area is 193 Å². The van der Waals surface area contributed by atoms with Gasteiger partial charge in [-0.2, -0.15) is 10.5 Å². The Bertz CT molecular complexity index is 1170. The first kappa shape index (κ1) is 21.6. The number of thiazole rings is 1. The molecule has 6 nitrogen and oxygen atoms in total. The van der Waals surface area contributed by atoms with E-state index in [1.807, 2.05) is 29.6 Å². The minimum Gasteiger partial charge on any atom is -0.383 e. The highest BCUT2D eigenvalue weighted by Gasteiger charge is 2.27. The highest BCUT2D eigenvalue weighted by Crippen LogP contribution is 2.38. The largest absolute Gasteiger partial charge is 0.383 e. The summed E-state index contributed by atoms with van der Waals surface area (Å²) in [5.41, 5.74) is 9.15. The van der Waals surface area contributed by atoms with Gasteiger partial charge in [-0.1, -0.05) is 35.5 Å². The Kier molecular flexibility index (Phi) is 6.74. The standard InChI is InChI=1S/C22H18ClN5OS2/c23-14-6-4-13(5-7-14)21-27-15(11-30-21)12-31-22-17(10-25)19(16(9-24)20(26)28-22)18-3-1-2-8-29-18/h4-7,11,18H,1-3,8,12H2,(H2,26,28)/t18-/m1/s1. The van der Waals surface area contributed by atoms with E-state index in [0.717, 1.165) is 35.5 Å². The number of hydrogen-bond donors (Lipinski definition) is 1. The van der Waals surface area contributed by atoms with E-state index >= 15 is 0 Å². The maximum Gasteiger partial charge on any atom is 0.143 e. The Morgan fingerprint density at radius 3 is 2.61 bits per heavy atom. The summed E-state index contributed by atoms with van der Waals surface area (Å²) < 4.78 is 5.87. The van der Waals surface area contributed by atoms with E-state index in [-0.39, 0.29) is 17.5 Å². The molecule has 0 spiro atoms. The van der Waals surface area contributed by atoms with Crippen molar-refractivity contribution in [2.75, 3.05) is 12.3 Å². The molecular weight excluding hydrogens is 450 g/mol. The van der Waals surface area contributed by atoms with Gasteiger partial charge in [0.05, 0.1) is 17.4 Å². The molecule has 0 bridgehead atoms. The van der Waals surface area contributed by atoms with Crippen LogP contribution in [0, 0.1) is 22.7 Å². The Morgan fingerprint density at radius 2 is 1.94 bits per heavy atom. The van der Waals surface area contributed by atoms with Gasteiger partial charge in [0.15, 0.2) is 0 Å². The molecule has 2 aromatic heterocycles. The van der Waals surface area contributed by atoms with Crippen molar-refractivity contribution < 1.29 is 4.74 Å². The maximum absolute atomic E-state index is 9.88. The van der Waals surface area contributed by atoms with E-state index in [9.17, 15) is 10.5 Å². The van der Waals surface area contributed by atoms with Crippen LogP contribution >= 0.6 is 34.7 Å². The summed E-state index contributed by atoms with van der Waals surface area (Å²) in [5, 5.41) is 23.6. The van der Waals surface area contributed by atoms with E-state index in [2.05, 4.69) is 22.1 Å². The fourth-order valence-electron chi connectivity index (χ4n) is 3.46. The van der Waals surface area contributed by atoms with E-state index in [1.54, 1.807) is 11.3 Å². The van der Waals surface area contributed by atoms with Gasteiger partial charge in [-0.05, 0) is 31.4 Å². The van der Waals surface area contributed by atoms with E-state index in [1.165, 1.54) is 11.8 Å². The highest BCUT2D eigenvalue weighted by molar-refractivity contribution is 7.98. The molecule has 3 heterocycles. The number of halogens is 1. The molecule has 0 saturated carbocycles. The van der Waals surface area contributed by atoms with E-state index in [0.29, 0.717) is 33.5 Å². The summed E-state index contributed by atoms with van der Waals surface area (Å²) in [5.74, 6) is 0.663. The Morgan fingerprint density at radius 1 is 1.16 bits per heavy atom. The third kappa shape index (κ3) is 4.68. The molecule has 1 aliphatic rings. The van der Waals surface area contributed by atoms with Crippen LogP contribution < -0.4 is 5.73 Å². The second kappa shape index (κ2) is 9.67. The number of nitrogens with two attached hydrogens (primary N) is 1. The zero-order chi connectivity index (χ0) is 21.8. The van der Waals surface area contributed by atoms with Gasteiger partial charge in [0.1, 0.15) is 33.6 Å². The second-order valence-corrected chi connectivity index (χ2v) is 9.24. The van der Waals surface area contributed by atoms with Gasteiger partial charge in [0.25, 0.3) is 0 Å². The number of ether oxygens (including phenoxy) is 1. The minimum atomic E-state index is -0.307. The fourth-order valence-corrected chi connectivity index (χ4v) is 5.41.